The molecule has 1 saturated heterocycles. The van der Waals surface area contributed by atoms with Gasteiger partial charge in [0.25, 0.3) is 0 Å². The normalized spacial score (nSPS) is 19.4. The van der Waals surface area contributed by atoms with Gasteiger partial charge in [0, 0.05) is 38.9 Å². The zero-order valence-electron chi connectivity index (χ0n) is 15.8. The maximum Gasteiger partial charge on any atom is 0.242 e. The fourth-order valence-electron chi connectivity index (χ4n) is 3.97. The number of carbonyl (C=O) groups excluding carboxylic acids is 1. The van der Waals surface area contributed by atoms with Gasteiger partial charge < -0.3 is 19.1 Å². The Morgan fingerprint density at radius 2 is 2.22 bits per heavy atom. The molecule has 27 heavy (non-hydrogen) atoms. The highest BCUT2D eigenvalue weighted by Crippen LogP contribution is 2.29. The van der Waals surface area contributed by atoms with Gasteiger partial charge in [0.1, 0.15) is 0 Å². The van der Waals surface area contributed by atoms with Crippen molar-refractivity contribution < 1.29 is 14.1 Å². The summed E-state index contributed by atoms with van der Waals surface area (Å²) in [6.45, 7) is 3.38. The zero-order valence-corrected chi connectivity index (χ0v) is 15.8. The van der Waals surface area contributed by atoms with Crippen LogP contribution in [-0.2, 0) is 22.4 Å². The molecule has 2 aliphatic rings. The second-order valence-electron chi connectivity index (χ2n) is 7.27. The van der Waals surface area contributed by atoms with Gasteiger partial charge in [-0.15, -0.1) is 0 Å². The van der Waals surface area contributed by atoms with Gasteiger partial charge in [0.2, 0.25) is 11.8 Å². The van der Waals surface area contributed by atoms with Crippen molar-refractivity contribution in [1.82, 2.24) is 15.0 Å². The Bertz CT molecular complexity index is 791. The second-order valence-corrected chi connectivity index (χ2v) is 7.27. The van der Waals surface area contributed by atoms with E-state index in [2.05, 4.69) is 33.2 Å². The number of nitrogens with zero attached hydrogens (tertiary/aromatic N) is 4. The number of rotatable bonds is 6. The summed E-state index contributed by atoms with van der Waals surface area (Å²) in [6.07, 6.45) is 3.59. The van der Waals surface area contributed by atoms with E-state index in [-0.39, 0.29) is 11.8 Å². The number of fused-ring (bicyclic) bond motifs is 1. The van der Waals surface area contributed by atoms with E-state index >= 15 is 0 Å². The Hall–Kier alpha value is -2.41. The molecule has 0 N–H and O–H groups in total. The lowest BCUT2D eigenvalue weighted by molar-refractivity contribution is -0.131. The molecule has 3 heterocycles. The SMILES string of the molecule is COCCc1noc([C@H]2CCCN(C(=O)CN3CCc4ccccc43)C2)n1. The summed E-state index contributed by atoms with van der Waals surface area (Å²) < 4.78 is 10.5. The van der Waals surface area contributed by atoms with Crippen LogP contribution >= 0.6 is 0 Å². The first-order valence-electron chi connectivity index (χ1n) is 9.66. The van der Waals surface area contributed by atoms with E-state index in [1.165, 1.54) is 11.3 Å². The molecule has 1 amide bonds. The maximum atomic E-state index is 12.9. The number of ether oxygens (including phenoxy) is 1. The lowest BCUT2D eigenvalue weighted by atomic mass is 9.98. The molecular formula is C20H26N4O3. The molecule has 0 aliphatic carbocycles. The molecule has 1 atom stereocenters. The van der Waals surface area contributed by atoms with Gasteiger partial charge in [-0.25, -0.2) is 0 Å². The summed E-state index contributed by atoms with van der Waals surface area (Å²) >= 11 is 0. The number of amides is 1. The summed E-state index contributed by atoms with van der Waals surface area (Å²) in [5.41, 5.74) is 2.52. The van der Waals surface area contributed by atoms with Crippen LogP contribution in [0.1, 0.15) is 36.0 Å². The van der Waals surface area contributed by atoms with E-state index in [0.717, 1.165) is 32.4 Å². The van der Waals surface area contributed by atoms with Gasteiger partial charge in [-0.05, 0) is 30.9 Å². The topological polar surface area (TPSA) is 71.7 Å². The minimum atomic E-state index is 0.123. The quantitative estimate of drug-likeness (QED) is 0.775. The number of aromatic nitrogens is 2. The van der Waals surface area contributed by atoms with Crippen molar-refractivity contribution in [3.8, 4) is 0 Å². The molecule has 2 aromatic rings. The highest BCUT2D eigenvalue weighted by Gasteiger charge is 2.30. The smallest absolute Gasteiger partial charge is 0.242 e. The van der Waals surface area contributed by atoms with E-state index in [1.54, 1.807) is 7.11 Å². The molecule has 1 fully saturated rings. The van der Waals surface area contributed by atoms with Crippen molar-refractivity contribution in [2.45, 2.75) is 31.6 Å². The van der Waals surface area contributed by atoms with Crippen molar-refractivity contribution in [1.29, 1.82) is 0 Å². The summed E-state index contributed by atoms with van der Waals surface area (Å²) in [7, 11) is 1.66. The first kappa shape index (κ1) is 18.0. The van der Waals surface area contributed by atoms with Crippen LogP contribution in [0.2, 0.25) is 0 Å². The molecule has 0 spiro atoms. The summed E-state index contributed by atoms with van der Waals surface area (Å²) in [4.78, 5) is 21.5. The van der Waals surface area contributed by atoms with Crippen molar-refractivity contribution in [3.63, 3.8) is 0 Å². The Morgan fingerprint density at radius 3 is 3.11 bits per heavy atom. The molecule has 2 aliphatic heterocycles. The van der Waals surface area contributed by atoms with Gasteiger partial charge in [0.15, 0.2) is 5.82 Å². The molecule has 144 valence electrons. The molecule has 1 aromatic heterocycles. The van der Waals surface area contributed by atoms with Crippen molar-refractivity contribution in [2.24, 2.45) is 0 Å². The van der Waals surface area contributed by atoms with E-state index in [9.17, 15) is 4.79 Å². The first-order chi connectivity index (χ1) is 13.2. The Labute approximate surface area is 159 Å². The number of piperidine rings is 1. The number of hydrogen-bond acceptors (Lipinski definition) is 6. The summed E-state index contributed by atoms with van der Waals surface area (Å²) in [5, 5.41) is 4.03. The van der Waals surface area contributed by atoms with Crippen LogP contribution in [0.15, 0.2) is 28.8 Å². The monoisotopic (exact) mass is 370 g/mol. The van der Waals surface area contributed by atoms with E-state index < -0.39 is 0 Å². The van der Waals surface area contributed by atoms with Gasteiger partial charge in [-0.2, -0.15) is 4.98 Å². The molecule has 0 saturated carbocycles. The third kappa shape index (κ3) is 3.98. The number of carbonyl (C=O) groups is 1. The number of anilines is 1. The van der Waals surface area contributed by atoms with Crippen molar-refractivity contribution in [3.05, 3.63) is 41.5 Å². The standard InChI is InChI=1S/C20H26N4O3/c1-26-12-9-18-21-20(27-22-18)16-6-4-10-24(13-16)19(25)14-23-11-8-15-5-2-3-7-17(15)23/h2-3,5,7,16H,4,6,8-14H2,1H3/t16-/m0/s1. The molecule has 0 radical (unpaired) electrons. The maximum absolute atomic E-state index is 12.9. The van der Waals surface area contributed by atoms with Crippen molar-refractivity contribution in [2.75, 3.05) is 44.8 Å². The largest absolute Gasteiger partial charge is 0.384 e. The van der Waals surface area contributed by atoms with Crippen LogP contribution in [0.4, 0.5) is 5.69 Å². The predicted molar refractivity (Wildman–Crippen MR) is 101 cm³/mol. The van der Waals surface area contributed by atoms with Crippen LogP contribution < -0.4 is 4.90 Å². The van der Waals surface area contributed by atoms with Crippen LogP contribution in [0.3, 0.4) is 0 Å². The lowest BCUT2D eigenvalue weighted by Gasteiger charge is -2.32. The van der Waals surface area contributed by atoms with Crippen molar-refractivity contribution >= 4 is 11.6 Å². The van der Waals surface area contributed by atoms with Crippen LogP contribution in [0.5, 0.6) is 0 Å². The first-order valence-corrected chi connectivity index (χ1v) is 9.66. The second kappa shape index (κ2) is 8.08. The fourth-order valence-corrected chi connectivity index (χ4v) is 3.97. The number of hydrogen-bond donors (Lipinski definition) is 0. The number of likely N-dealkylation sites (tertiary alicyclic amines) is 1. The fraction of sp³-hybridized carbons (Fsp3) is 0.550. The molecule has 4 rings (SSSR count). The minimum Gasteiger partial charge on any atom is -0.384 e. The minimum absolute atomic E-state index is 0.123. The van der Waals surface area contributed by atoms with E-state index in [1.807, 2.05) is 11.0 Å². The molecule has 1 aromatic carbocycles. The van der Waals surface area contributed by atoms with E-state index in [4.69, 9.17) is 9.26 Å². The number of benzene rings is 1. The zero-order chi connectivity index (χ0) is 18.6. The third-order valence-electron chi connectivity index (χ3n) is 5.45. The van der Waals surface area contributed by atoms with Crippen LogP contribution in [-0.4, -0.2) is 60.8 Å². The molecule has 0 bridgehead atoms. The predicted octanol–water partition coefficient (Wildman–Crippen LogP) is 2.03. The van der Waals surface area contributed by atoms with Gasteiger partial charge in [0.05, 0.1) is 19.1 Å². The molecule has 7 nitrogen and oxygen atoms in total. The number of methoxy groups -OCH3 is 1. The van der Waals surface area contributed by atoms with Gasteiger partial charge >= 0.3 is 0 Å². The van der Waals surface area contributed by atoms with E-state index in [0.29, 0.717) is 37.8 Å². The summed E-state index contributed by atoms with van der Waals surface area (Å²) in [6, 6.07) is 8.35. The van der Waals surface area contributed by atoms with Gasteiger partial charge in [-0.3, -0.25) is 4.79 Å². The average molecular weight is 370 g/mol. The average Bonchev–Trinajstić information content (AvgIpc) is 3.34. The van der Waals surface area contributed by atoms with Gasteiger partial charge in [-0.1, -0.05) is 23.4 Å². The highest BCUT2D eigenvalue weighted by atomic mass is 16.5. The Morgan fingerprint density at radius 1 is 1.33 bits per heavy atom. The molecule has 7 heteroatoms. The molecular weight excluding hydrogens is 344 g/mol. The Balaban J connectivity index is 1.37. The highest BCUT2D eigenvalue weighted by molar-refractivity contribution is 5.82. The summed E-state index contributed by atoms with van der Waals surface area (Å²) in [5.74, 6) is 1.61. The lowest BCUT2D eigenvalue weighted by Crippen LogP contribution is -2.44. The van der Waals surface area contributed by atoms with Crippen LogP contribution in [0.25, 0.3) is 0 Å². The number of para-hydroxylation sites is 1. The molecule has 0 unspecified atom stereocenters. The van der Waals surface area contributed by atoms with Crippen LogP contribution in [0, 0.1) is 0 Å². The Kier molecular flexibility index (Phi) is 5.38. The third-order valence-corrected chi connectivity index (χ3v) is 5.45.